The van der Waals surface area contributed by atoms with Crippen LogP contribution in [0.3, 0.4) is 0 Å². The lowest BCUT2D eigenvalue weighted by Gasteiger charge is -2.27. The first-order chi connectivity index (χ1) is 11.8. The Bertz CT molecular complexity index is 797. The van der Waals surface area contributed by atoms with Gasteiger partial charge in [0.15, 0.2) is 0 Å². The first kappa shape index (κ1) is 15.4. The maximum atomic E-state index is 5.24. The number of ether oxygens (including phenoxy) is 1. The number of nitrogens with zero attached hydrogens (tertiary/aromatic N) is 4. The fourth-order valence-corrected chi connectivity index (χ4v) is 3.60. The third-order valence-electron chi connectivity index (χ3n) is 4.40. The van der Waals surface area contributed by atoms with Crippen molar-refractivity contribution in [3.8, 4) is 11.3 Å². The van der Waals surface area contributed by atoms with Crippen LogP contribution in [0.4, 0.5) is 0 Å². The molecule has 0 bridgehead atoms. The second-order valence-corrected chi connectivity index (χ2v) is 6.62. The summed E-state index contributed by atoms with van der Waals surface area (Å²) in [5.41, 5.74) is 6.95. The molecular formula is C17H19N5OS. The molecule has 1 aromatic carbocycles. The summed E-state index contributed by atoms with van der Waals surface area (Å²) in [5, 5.41) is 13.6. The zero-order valence-electron chi connectivity index (χ0n) is 13.5. The summed E-state index contributed by atoms with van der Waals surface area (Å²) in [6.07, 6.45) is 1.01. The number of hydrogen-bond acceptors (Lipinski definition) is 6. The van der Waals surface area contributed by atoms with Crippen LogP contribution in [0.2, 0.25) is 0 Å². The van der Waals surface area contributed by atoms with Crippen LogP contribution in [-0.2, 0) is 30.9 Å². The molecule has 1 aliphatic heterocycles. The standard InChI is InChI=1S/C17H19N5OS/c1-23-10-16-14-9-22(7-6-15(14)18-19-16)8-12-2-4-13(5-3-12)17-11-24-21-20-17/h2-5,11H,6-10H2,1H3,(H,18,19). The highest BCUT2D eigenvalue weighted by atomic mass is 32.1. The fraction of sp³-hybridized carbons (Fsp3) is 0.353. The maximum absolute atomic E-state index is 5.24. The van der Waals surface area contributed by atoms with E-state index < -0.39 is 0 Å². The molecule has 7 heteroatoms. The van der Waals surface area contributed by atoms with Crippen molar-refractivity contribution in [2.75, 3.05) is 13.7 Å². The van der Waals surface area contributed by atoms with Crippen molar-refractivity contribution < 1.29 is 4.74 Å². The molecule has 0 radical (unpaired) electrons. The molecule has 0 aliphatic carbocycles. The van der Waals surface area contributed by atoms with Gasteiger partial charge in [0.25, 0.3) is 0 Å². The largest absolute Gasteiger partial charge is 0.378 e. The molecule has 0 spiro atoms. The lowest BCUT2D eigenvalue weighted by molar-refractivity contribution is 0.177. The van der Waals surface area contributed by atoms with Crippen LogP contribution in [0.15, 0.2) is 29.6 Å². The van der Waals surface area contributed by atoms with E-state index in [0.29, 0.717) is 6.61 Å². The zero-order chi connectivity index (χ0) is 16.4. The summed E-state index contributed by atoms with van der Waals surface area (Å²) in [6, 6.07) is 8.59. The molecule has 24 heavy (non-hydrogen) atoms. The SMILES string of the molecule is COCc1n[nH]c2c1CN(Cc1ccc(-c3csnn3)cc1)CC2. The van der Waals surface area contributed by atoms with Gasteiger partial charge < -0.3 is 4.74 Å². The van der Waals surface area contributed by atoms with Gasteiger partial charge >= 0.3 is 0 Å². The minimum absolute atomic E-state index is 0.566. The number of benzene rings is 1. The van der Waals surface area contributed by atoms with E-state index >= 15 is 0 Å². The molecule has 2 aromatic heterocycles. The normalized spacial score (nSPS) is 14.7. The number of nitrogens with one attached hydrogen (secondary N) is 1. The van der Waals surface area contributed by atoms with Gasteiger partial charge in [-0.15, -0.1) is 5.10 Å². The van der Waals surface area contributed by atoms with Crippen molar-refractivity contribution in [3.63, 3.8) is 0 Å². The lowest BCUT2D eigenvalue weighted by atomic mass is 10.0. The van der Waals surface area contributed by atoms with Crippen LogP contribution in [0.5, 0.6) is 0 Å². The van der Waals surface area contributed by atoms with E-state index in [2.05, 4.69) is 48.9 Å². The van der Waals surface area contributed by atoms with Gasteiger partial charge in [-0.2, -0.15) is 5.10 Å². The highest BCUT2D eigenvalue weighted by Crippen LogP contribution is 2.23. The summed E-state index contributed by atoms with van der Waals surface area (Å²) >= 11 is 1.38. The van der Waals surface area contributed by atoms with Crippen LogP contribution >= 0.6 is 11.5 Å². The van der Waals surface area contributed by atoms with Crippen molar-refractivity contribution in [2.45, 2.75) is 26.1 Å². The number of aromatic nitrogens is 4. The van der Waals surface area contributed by atoms with E-state index in [-0.39, 0.29) is 0 Å². The van der Waals surface area contributed by atoms with E-state index in [1.807, 2.05) is 5.38 Å². The molecule has 1 aliphatic rings. The van der Waals surface area contributed by atoms with Gasteiger partial charge in [-0.3, -0.25) is 10.00 Å². The number of aromatic amines is 1. The molecule has 6 nitrogen and oxygen atoms in total. The van der Waals surface area contributed by atoms with Gasteiger partial charge in [-0.1, -0.05) is 28.8 Å². The Balaban J connectivity index is 1.45. The molecular weight excluding hydrogens is 322 g/mol. The smallest absolute Gasteiger partial charge is 0.105 e. The average Bonchev–Trinajstić information content (AvgIpc) is 3.27. The van der Waals surface area contributed by atoms with Gasteiger partial charge in [0.1, 0.15) is 5.69 Å². The van der Waals surface area contributed by atoms with Gasteiger partial charge in [-0.25, -0.2) is 0 Å². The monoisotopic (exact) mass is 341 g/mol. The third kappa shape index (κ3) is 3.10. The topological polar surface area (TPSA) is 66.9 Å². The Morgan fingerprint density at radius 1 is 1.29 bits per heavy atom. The summed E-state index contributed by atoms with van der Waals surface area (Å²) in [5.74, 6) is 0. The minimum Gasteiger partial charge on any atom is -0.378 e. The molecule has 0 unspecified atom stereocenters. The zero-order valence-corrected chi connectivity index (χ0v) is 14.3. The van der Waals surface area contributed by atoms with Crippen molar-refractivity contribution in [1.29, 1.82) is 0 Å². The van der Waals surface area contributed by atoms with Crippen molar-refractivity contribution in [3.05, 3.63) is 52.2 Å². The fourth-order valence-electron chi connectivity index (χ4n) is 3.13. The number of methoxy groups -OCH3 is 1. The van der Waals surface area contributed by atoms with Crippen LogP contribution in [0.25, 0.3) is 11.3 Å². The summed E-state index contributed by atoms with van der Waals surface area (Å²) < 4.78 is 9.16. The molecule has 0 amide bonds. The molecule has 1 N–H and O–H groups in total. The van der Waals surface area contributed by atoms with Gasteiger partial charge in [0.2, 0.25) is 0 Å². The predicted molar refractivity (Wildman–Crippen MR) is 92.5 cm³/mol. The Labute approximate surface area is 144 Å². The summed E-state index contributed by atoms with van der Waals surface area (Å²) in [6.45, 7) is 3.46. The summed E-state index contributed by atoms with van der Waals surface area (Å²) in [7, 11) is 1.71. The van der Waals surface area contributed by atoms with Crippen LogP contribution in [-0.4, -0.2) is 38.3 Å². The minimum atomic E-state index is 0.566. The van der Waals surface area contributed by atoms with E-state index in [4.69, 9.17) is 4.74 Å². The Kier molecular flexibility index (Phi) is 4.38. The first-order valence-corrected chi connectivity index (χ1v) is 8.80. The van der Waals surface area contributed by atoms with Gasteiger partial charge in [-0.05, 0) is 17.1 Å². The molecule has 124 valence electrons. The van der Waals surface area contributed by atoms with E-state index in [9.17, 15) is 0 Å². The highest BCUT2D eigenvalue weighted by molar-refractivity contribution is 7.03. The second-order valence-electron chi connectivity index (χ2n) is 6.01. The third-order valence-corrected chi connectivity index (χ3v) is 4.90. The van der Waals surface area contributed by atoms with Crippen molar-refractivity contribution >= 4 is 11.5 Å². The van der Waals surface area contributed by atoms with Gasteiger partial charge in [0.05, 0.1) is 12.3 Å². The van der Waals surface area contributed by atoms with E-state index in [1.165, 1.54) is 28.4 Å². The molecule has 3 aromatic rings. The van der Waals surface area contributed by atoms with E-state index in [1.54, 1.807) is 7.11 Å². The van der Waals surface area contributed by atoms with Crippen LogP contribution in [0, 0.1) is 0 Å². The number of H-pyrrole nitrogens is 1. The molecule has 0 saturated heterocycles. The number of rotatable bonds is 5. The van der Waals surface area contributed by atoms with Crippen LogP contribution < -0.4 is 0 Å². The van der Waals surface area contributed by atoms with Crippen molar-refractivity contribution in [1.82, 2.24) is 24.7 Å². The highest BCUT2D eigenvalue weighted by Gasteiger charge is 2.21. The molecule has 0 atom stereocenters. The van der Waals surface area contributed by atoms with Crippen LogP contribution in [0.1, 0.15) is 22.5 Å². The molecule has 4 rings (SSSR count). The number of hydrogen-bond donors (Lipinski definition) is 1. The van der Waals surface area contributed by atoms with E-state index in [0.717, 1.165) is 43.0 Å². The second kappa shape index (κ2) is 6.80. The lowest BCUT2D eigenvalue weighted by Crippen LogP contribution is -2.30. The molecule has 0 saturated carbocycles. The Morgan fingerprint density at radius 2 is 2.17 bits per heavy atom. The Morgan fingerprint density at radius 3 is 2.92 bits per heavy atom. The Hall–Kier alpha value is -2.09. The first-order valence-electron chi connectivity index (χ1n) is 7.96. The number of fused-ring (bicyclic) bond motifs is 1. The quantitative estimate of drug-likeness (QED) is 0.773. The van der Waals surface area contributed by atoms with Gasteiger partial charge in [0, 0.05) is 55.4 Å². The van der Waals surface area contributed by atoms with Crippen molar-refractivity contribution in [2.24, 2.45) is 0 Å². The molecule has 3 heterocycles. The predicted octanol–water partition coefficient (Wildman–Crippen LogP) is 2.63. The average molecular weight is 341 g/mol. The summed E-state index contributed by atoms with van der Waals surface area (Å²) in [4.78, 5) is 2.45. The maximum Gasteiger partial charge on any atom is 0.105 e. The molecule has 0 fully saturated rings.